The first-order valence-electron chi connectivity index (χ1n) is 10.6. The van der Waals surface area contributed by atoms with Crippen molar-refractivity contribution in [3.63, 3.8) is 0 Å². The summed E-state index contributed by atoms with van der Waals surface area (Å²) in [7, 11) is -3.12. The van der Waals surface area contributed by atoms with Crippen molar-refractivity contribution < 1.29 is 27.6 Å². The maximum Gasteiger partial charge on any atom is 0.294 e. The van der Waals surface area contributed by atoms with E-state index in [1.165, 1.54) is 19.2 Å². The summed E-state index contributed by atoms with van der Waals surface area (Å²) in [6.07, 6.45) is 0. The van der Waals surface area contributed by atoms with Crippen molar-refractivity contribution >= 4 is 67.1 Å². The highest BCUT2D eigenvalue weighted by Crippen LogP contribution is 2.41. The number of azo groups is 1. The molecule has 0 radical (unpaired) electrons. The zero-order valence-electron chi connectivity index (χ0n) is 19.4. The average Bonchev–Trinajstić information content (AvgIpc) is 2.85. The van der Waals surface area contributed by atoms with Gasteiger partial charge in [-0.1, -0.05) is 47.5 Å². The van der Waals surface area contributed by atoms with Gasteiger partial charge in [-0.15, -0.1) is 5.11 Å². The van der Waals surface area contributed by atoms with Gasteiger partial charge in [-0.3, -0.25) is 9.35 Å². The molecular formula is C25H19Cl2N3O6S. The highest BCUT2D eigenvalue weighted by Gasteiger charge is 2.20. The maximum atomic E-state index is 13.2. The number of hydrogen-bond acceptors (Lipinski definition) is 7. The minimum atomic E-state index is -4.55. The zero-order chi connectivity index (χ0) is 26.9. The lowest BCUT2D eigenvalue weighted by atomic mass is 10.0. The standard InChI is InChI=1S/C25H19Cl2N3O6S/c1-13-19(27)11-16(37(33,34)35)12-21(13)29-30-23-17-6-4-3-5-14(17)9-18(24(23)31)25(32)28-20-8-7-15(26)10-22(20)36-2/h3-12,31H,1-2H3,(H,28,32)(H,33,34,35). The topological polar surface area (TPSA) is 138 Å². The van der Waals surface area contributed by atoms with E-state index >= 15 is 0 Å². The first-order valence-corrected chi connectivity index (χ1v) is 12.8. The normalized spacial score (nSPS) is 11.7. The minimum Gasteiger partial charge on any atom is -0.505 e. The van der Waals surface area contributed by atoms with E-state index in [2.05, 4.69) is 15.5 Å². The van der Waals surface area contributed by atoms with Crippen LogP contribution < -0.4 is 10.1 Å². The Morgan fingerprint density at radius 2 is 1.76 bits per heavy atom. The number of anilines is 1. The van der Waals surface area contributed by atoms with Crippen LogP contribution in [0.15, 0.2) is 75.8 Å². The average molecular weight is 560 g/mol. The molecule has 4 aromatic carbocycles. The molecule has 0 aliphatic heterocycles. The van der Waals surface area contributed by atoms with Gasteiger partial charge in [0.15, 0.2) is 5.75 Å². The third-order valence-corrected chi connectivity index (χ3v) is 6.96. The third kappa shape index (κ3) is 5.52. The summed E-state index contributed by atoms with van der Waals surface area (Å²) in [4.78, 5) is 12.7. The number of carbonyl (C=O) groups is 1. The molecule has 0 bridgehead atoms. The molecule has 3 N–H and O–H groups in total. The Morgan fingerprint density at radius 3 is 2.46 bits per heavy atom. The van der Waals surface area contributed by atoms with Crippen LogP contribution in [0.4, 0.5) is 17.1 Å². The fourth-order valence-electron chi connectivity index (χ4n) is 3.55. The molecule has 12 heteroatoms. The molecule has 190 valence electrons. The quantitative estimate of drug-likeness (QED) is 0.170. The Balaban J connectivity index is 1.82. The van der Waals surface area contributed by atoms with Gasteiger partial charge in [-0.25, -0.2) is 0 Å². The van der Waals surface area contributed by atoms with Crippen molar-refractivity contribution in [1.29, 1.82) is 0 Å². The fraction of sp³-hybridized carbons (Fsp3) is 0.0800. The monoisotopic (exact) mass is 559 g/mol. The minimum absolute atomic E-state index is 0.0286. The number of fused-ring (bicyclic) bond motifs is 1. The van der Waals surface area contributed by atoms with Gasteiger partial charge < -0.3 is 15.2 Å². The van der Waals surface area contributed by atoms with Crippen LogP contribution in [0.25, 0.3) is 10.8 Å². The second-order valence-corrected chi connectivity index (χ2v) is 10.1. The number of benzene rings is 4. The van der Waals surface area contributed by atoms with Gasteiger partial charge in [-0.05, 0) is 48.2 Å². The van der Waals surface area contributed by atoms with Crippen LogP contribution in [0.2, 0.25) is 10.0 Å². The zero-order valence-corrected chi connectivity index (χ0v) is 21.7. The summed E-state index contributed by atoms with van der Waals surface area (Å²) < 4.78 is 37.9. The molecule has 1 amide bonds. The predicted molar refractivity (Wildman–Crippen MR) is 142 cm³/mol. The van der Waals surface area contributed by atoms with Crippen LogP contribution in [-0.2, 0) is 10.1 Å². The first kappa shape index (κ1) is 26.4. The number of nitrogens with one attached hydrogen (secondary N) is 1. The summed E-state index contributed by atoms with van der Waals surface area (Å²) in [5, 5.41) is 23.5. The van der Waals surface area contributed by atoms with E-state index in [4.69, 9.17) is 27.9 Å². The van der Waals surface area contributed by atoms with Crippen molar-refractivity contribution in [1.82, 2.24) is 0 Å². The Labute approximate surface area is 222 Å². The molecule has 0 aliphatic rings. The van der Waals surface area contributed by atoms with Crippen molar-refractivity contribution in [3.8, 4) is 11.5 Å². The molecule has 0 aromatic heterocycles. The number of ether oxygens (including phenoxy) is 1. The van der Waals surface area contributed by atoms with Crippen molar-refractivity contribution in [2.24, 2.45) is 10.2 Å². The second kappa shape index (κ2) is 10.3. The smallest absolute Gasteiger partial charge is 0.294 e. The highest BCUT2D eigenvalue weighted by molar-refractivity contribution is 7.85. The lowest BCUT2D eigenvalue weighted by Gasteiger charge is -2.13. The molecule has 0 heterocycles. The molecule has 0 unspecified atom stereocenters. The van der Waals surface area contributed by atoms with Crippen LogP contribution in [0.1, 0.15) is 15.9 Å². The van der Waals surface area contributed by atoms with Gasteiger partial charge >= 0.3 is 0 Å². The van der Waals surface area contributed by atoms with Crippen LogP contribution in [0, 0.1) is 6.92 Å². The number of aromatic hydroxyl groups is 1. The number of carbonyl (C=O) groups excluding carboxylic acids is 1. The molecule has 0 fully saturated rings. The molecule has 4 aromatic rings. The van der Waals surface area contributed by atoms with E-state index in [-0.39, 0.29) is 22.0 Å². The third-order valence-electron chi connectivity index (χ3n) is 5.50. The number of halogens is 2. The molecule has 37 heavy (non-hydrogen) atoms. The SMILES string of the molecule is COc1cc(Cl)ccc1NC(=O)c1cc2ccccc2c(N=Nc2cc(S(=O)(=O)O)cc(Cl)c2C)c1O. The van der Waals surface area contributed by atoms with E-state index in [1.54, 1.807) is 43.3 Å². The Morgan fingerprint density at radius 1 is 1.03 bits per heavy atom. The molecule has 0 saturated heterocycles. The largest absolute Gasteiger partial charge is 0.505 e. The molecule has 9 nitrogen and oxygen atoms in total. The van der Waals surface area contributed by atoms with Gasteiger partial charge in [0.25, 0.3) is 16.0 Å². The van der Waals surface area contributed by atoms with Crippen LogP contribution in [0.3, 0.4) is 0 Å². The summed E-state index contributed by atoms with van der Waals surface area (Å²) in [6, 6.07) is 15.3. The van der Waals surface area contributed by atoms with Gasteiger partial charge in [-0.2, -0.15) is 13.5 Å². The number of hydrogen-bond donors (Lipinski definition) is 3. The first-order chi connectivity index (χ1) is 17.5. The van der Waals surface area contributed by atoms with Gasteiger partial charge in [0.05, 0.1) is 28.9 Å². The molecule has 0 aliphatic carbocycles. The van der Waals surface area contributed by atoms with E-state index in [0.29, 0.717) is 32.8 Å². The fourth-order valence-corrected chi connectivity index (χ4v) is 4.52. The summed E-state index contributed by atoms with van der Waals surface area (Å²) in [5.74, 6) is -0.775. The molecule has 0 atom stereocenters. The Hall–Kier alpha value is -3.70. The predicted octanol–water partition coefficient (Wildman–Crippen LogP) is 7.08. The van der Waals surface area contributed by atoms with Gasteiger partial charge in [0, 0.05) is 21.5 Å². The van der Waals surface area contributed by atoms with Crippen LogP contribution >= 0.6 is 23.2 Å². The van der Waals surface area contributed by atoms with E-state index in [0.717, 1.165) is 12.1 Å². The van der Waals surface area contributed by atoms with Crippen LogP contribution in [-0.4, -0.2) is 31.1 Å². The van der Waals surface area contributed by atoms with E-state index in [1.807, 2.05) is 0 Å². The number of phenols is 1. The summed E-state index contributed by atoms with van der Waals surface area (Å²) in [5.41, 5.74) is 0.653. The number of nitrogens with zero attached hydrogens (tertiary/aromatic N) is 2. The lowest BCUT2D eigenvalue weighted by Crippen LogP contribution is -2.13. The number of rotatable bonds is 6. The van der Waals surface area contributed by atoms with E-state index in [9.17, 15) is 22.9 Å². The number of amides is 1. The highest BCUT2D eigenvalue weighted by atomic mass is 35.5. The maximum absolute atomic E-state index is 13.2. The molecule has 0 spiro atoms. The Bertz CT molecular complexity index is 1690. The van der Waals surface area contributed by atoms with Gasteiger partial charge in [0.1, 0.15) is 11.4 Å². The molecule has 4 rings (SSSR count). The van der Waals surface area contributed by atoms with Crippen molar-refractivity contribution in [2.75, 3.05) is 12.4 Å². The lowest BCUT2D eigenvalue weighted by molar-refractivity contribution is 0.102. The second-order valence-electron chi connectivity index (χ2n) is 7.87. The Kier molecular flexibility index (Phi) is 7.37. The van der Waals surface area contributed by atoms with E-state index < -0.39 is 26.7 Å². The number of methoxy groups -OCH3 is 1. The van der Waals surface area contributed by atoms with Crippen molar-refractivity contribution in [2.45, 2.75) is 11.8 Å². The molecular weight excluding hydrogens is 541 g/mol. The summed E-state index contributed by atoms with van der Waals surface area (Å²) in [6.45, 7) is 1.59. The number of phenolic OH excluding ortho intramolecular Hbond substituents is 1. The van der Waals surface area contributed by atoms with Crippen LogP contribution in [0.5, 0.6) is 11.5 Å². The molecule has 0 saturated carbocycles. The van der Waals surface area contributed by atoms with Gasteiger partial charge in [0.2, 0.25) is 0 Å². The van der Waals surface area contributed by atoms with Crippen molar-refractivity contribution in [3.05, 3.63) is 81.8 Å². The summed E-state index contributed by atoms with van der Waals surface area (Å²) >= 11 is 12.1.